The van der Waals surface area contributed by atoms with Gasteiger partial charge in [0.05, 0.1) is 11.4 Å². The first-order valence-electron chi connectivity index (χ1n) is 8.83. The van der Waals surface area contributed by atoms with Crippen LogP contribution in [0.2, 0.25) is 5.02 Å². The number of nitrogens with one attached hydrogen (secondary N) is 1. The van der Waals surface area contributed by atoms with E-state index in [9.17, 15) is 9.90 Å². The van der Waals surface area contributed by atoms with E-state index < -0.39 is 0 Å². The van der Waals surface area contributed by atoms with Gasteiger partial charge in [0.2, 0.25) is 5.91 Å². The smallest absolute Gasteiger partial charge is 0.234 e. The van der Waals surface area contributed by atoms with Crippen LogP contribution in [0.3, 0.4) is 0 Å². The fourth-order valence-corrected chi connectivity index (χ4v) is 3.59. The molecule has 1 amide bonds. The lowest BCUT2D eigenvalue weighted by Crippen LogP contribution is -2.14. The van der Waals surface area contributed by atoms with Gasteiger partial charge in [-0.15, -0.1) is 10.2 Å². The Hall–Kier alpha value is -2.71. The molecule has 0 saturated heterocycles. The third kappa shape index (κ3) is 5.21. The Labute approximate surface area is 178 Å². The predicted octanol–water partition coefficient (Wildman–Crippen LogP) is 4.10. The summed E-state index contributed by atoms with van der Waals surface area (Å²) in [6, 6.07) is 10.4. The van der Waals surface area contributed by atoms with Gasteiger partial charge in [-0.2, -0.15) is 0 Å². The van der Waals surface area contributed by atoms with Gasteiger partial charge in [0, 0.05) is 12.1 Å². The van der Waals surface area contributed by atoms with Gasteiger partial charge in [0.15, 0.2) is 11.0 Å². The van der Waals surface area contributed by atoms with Crippen LogP contribution in [-0.2, 0) is 18.4 Å². The maximum absolute atomic E-state index is 12.2. The van der Waals surface area contributed by atoms with Gasteiger partial charge < -0.3 is 19.7 Å². The van der Waals surface area contributed by atoms with Gasteiger partial charge in [0.1, 0.15) is 18.1 Å². The number of phenolic OH excluding ortho intramolecular Hbond substituents is 1. The first-order chi connectivity index (χ1) is 13.8. The first-order valence-corrected chi connectivity index (χ1v) is 10.2. The topological polar surface area (TPSA) is 89.3 Å². The number of thioether (sulfide) groups is 1. The zero-order valence-corrected chi connectivity index (χ0v) is 17.8. The standard InChI is InChI=1S/C20H21ClN4O3S/c1-12-5-4-6-13(2)19(12)28-10-17-23-24-20(25(17)3)29-11-18(27)22-15-9-14(21)7-8-16(15)26/h4-9,26H,10-11H2,1-3H3,(H,22,27). The molecular formula is C20H21ClN4O3S. The monoisotopic (exact) mass is 432 g/mol. The third-order valence-corrected chi connectivity index (χ3v) is 5.50. The van der Waals surface area contributed by atoms with Gasteiger partial charge in [-0.1, -0.05) is 41.6 Å². The molecule has 0 aliphatic heterocycles. The molecule has 7 nitrogen and oxygen atoms in total. The molecule has 0 bridgehead atoms. The first kappa shape index (κ1) is 21.0. The number of aromatic hydroxyl groups is 1. The number of phenols is 1. The Morgan fingerprint density at radius 1 is 1.24 bits per heavy atom. The summed E-state index contributed by atoms with van der Waals surface area (Å²) >= 11 is 7.13. The Bertz CT molecular complexity index is 1020. The Morgan fingerprint density at radius 3 is 2.69 bits per heavy atom. The van der Waals surface area contributed by atoms with Crippen molar-refractivity contribution in [2.75, 3.05) is 11.1 Å². The van der Waals surface area contributed by atoms with Crippen molar-refractivity contribution < 1.29 is 14.6 Å². The molecule has 29 heavy (non-hydrogen) atoms. The van der Waals surface area contributed by atoms with Crippen molar-refractivity contribution in [1.82, 2.24) is 14.8 Å². The van der Waals surface area contributed by atoms with Crippen LogP contribution >= 0.6 is 23.4 Å². The van der Waals surface area contributed by atoms with E-state index in [0.717, 1.165) is 16.9 Å². The molecule has 1 aromatic heterocycles. The summed E-state index contributed by atoms with van der Waals surface area (Å²) in [4.78, 5) is 12.2. The number of anilines is 1. The van der Waals surface area contributed by atoms with Crippen LogP contribution in [0.4, 0.5) is 5.69 Å². The molecule has 2 aromatic carbocycles. The highest BCUT2D eigenvalue weighted by Crippen LogP contribution is 2.27. The number of carbonyl (C=O) groups excluding carboxylic acids is 1. The third-order valence-electron chi connectivity index (χ3n) is 4.24. The number of carbonyl (C=O) groups is 1. The molecule has 0 radical (unpaired) electrons. The maximum atomic E-state index is 12.2. The van der Waals surface area contributed by atoms with Gasteiger partial charge >= 0.3 is 0 Å². The van der Waals surface area contributed by atoms with E-state index in [1.807, 2.05) is 39.1 Å². The number of nitrogens with zero attached hydrogens (tertiary/aromatic N) is 3. The van der Waals surface area contributed by atoms with Crippen molar-refractivity contribution in [3.8, 4) is 11.5 Å². The number of rotatable bonds is 7. The molecule has 0 atom stereocenters. The van der Waals surface area contributed by atoms with E-state index in [1.165, 1.54) is 23.9 Å². The zero-order valence-electron chi connectivity index (χ0n) is 16.3. The summed E-state index contributed by atoms with van der Waals surface area (Å²) in [7, 11) is 1.83. The average Bonchev–Trinajstić information content (AvgIpc) is 3.02. The molecule has 152 valence electrons. The minimum atomic E-state index is -0.288. The number of amides is 1. The molecule has 0 spiro atoms. The lowest BCUT2D eigenvalue weighted by Gasteiger charge is -2.11. The summed E-state index contributed by atoms with van der Waals surface area (Å²) in [6.45, 7) is 4.27. The van der Waals surface area contributed by atoms with E-state index in [0.29, 0.717) is 16.0 Å². The van der Waals surface area contributed by atoms with Crippen molar-refractivity contribution in [3.05, 3.63) is 58.4 Å². The van der Waals surface area contributed by atoms with Gasteiger partial charge in [-0.3, -0.25) is 4.79 Å². The maximum Gasteiger partial charge on any atom is 0.234 e. The summed E-state index contributed by atoms with van der Waals surface area (Å²) in [5, 5.41) is 21.7. The normalized spacial score (nSPS) is 10.8. The van der Waals surface area contributed by atoms with Crippen LogP contribution in [0.1, 0.15) is 17.0 Å². The van der Waals surface area contributed by atoms with Crippen molar-refractivity contribution in [2.45, 2.75) is 25.6 Å². The number of benzene rings is 2. The molecule has 0 saturated carbocycles. The molecule has 0 unspecified atom stereocenters. The minimum absolute atomic E-state index is 0.0441. The lowest BCUT2D eigenvalue weighted by molar-refractivity contribution is -0.113. The van der Waals surface area contributed by atoms with Crippen LogP contribution < -0.4 is 10.1 Å². The number of hydrogen-bond acceptors (Lipinski definition) is 6. The highest BCUT2D eigenvalue weighted by Gasteiger charge is 2.14. The molecular weight excluding hydrogens is 412 g/mol. The second-order valence-electron chi connectivity index (χ2n) is 6.47. The number of aryl methyl sites for hydroxylation is 2. The van der Waals surface area contributed by atoms with Crippen molar-refractivity contribution in [1.29, 1.82) is 0 Å². The van der Waals surface area contributed by atoms with Crippen molar-refractivity contribution in [3.63, 3.8) is 0 Å². The predicted molar refractivity (Wildman–Crippen MR) is 114 cm³/mol. The van der Waals surface area contributed by atoms with Gasteiger partial charge in [-0.05, 0) is 43.2 Å². The van der Waals surface area contributed by atoms with E-state index in [1.54, 1.807) is 10.6 Å². The molecule has 3 rings (SSSR count). The summed E-state index contributed by atoms with van der Waals surface area (Å²) in [5.41, 5.74) is 2.38. The summed E-state index contributed by atoms with van der Waals surface area (Å²) < 4.78 is 7.72. The second-order valence-corrected chi connectivity index (χ2v) is 7.84. The highest BCUT2D eigenvalue weighted by atomic mass is 35.5. The minimum Gasteiger partial charge on any atom is -0.506 e. The highest BCUT2D eigenvalue weighted by molar-refractivity contribution is 7.99. The Balaban J connectivity index is 1.58. The molecule has 9 heteroatoms. The Morgan fingerprint density at radius 2 is 1.97 bits per heavy atom. The van der Waals surface area contributed by atoms with Gasteiger partial charge in [-0.25, -0.2) is 0 Å². The molecule has 0 aliphatic rings. The van der Waals surface area contributed by atoms with Crippen molar-refractivity contribution in [2.24, 2.45) is 7.05 Å². The zero-order chi connectivity index (χ0) is 21.0. The van der Waals surface area contributed by atoms with Crippen LogP contribution in [-0.4, -0.2) is 31.5 Å². The summed E-state index contributed by atoms with van der Waals surface area (Å²) in [6.07, 6.45) is 0. The SMILES string of the molecule is Cc1cccc(C)c1OCc1nnc(SCC(=O)Nc2cc(Cl)ccc2O)n1C. The van der Waals surface area contributed by atoms with Crippen LogP contribution in [0.25, 0.3) is 0 Å². The van der Waals surface area contributed by atoms with Crippen LogP contribution in [0.15, 0.2) is 41.6 Å². The molecule has 1 heterocycles. The summed E-state index contributed by atoms with van der Waals surface area (Å²) in [5.74, 6) is 1.27. The Kier molecular flexibility index (Phi) is 6.66. The second kappa shape index (κ2) is 9.19. The number of ether oxygens (including phenoxy) is 1. The van der Waals surface area contributed by atoms with E-state index in [4.69, 9.17) is 16.3 Å². The van der Waals surface area contributed by atoms with E-state index >= 15 is 0 Å². The number of aromatic nitrogens is 3. The number of para-hydroxylation sites is 1. The van der Waals surface area contributed by atoms with Crippen LogP contribution in [0.5, 0.6) is 11.5 Å². The largest absolute Gasteiger partial charge is 0.506 e. The lowest BCUT2D eigenvalue weighted by atomic mass is 10.1. The van der Waals surface area contributed by atoms with Gasteiger partial charge in [0.25, 0.3) is 0 Å². The molecule has 3 aromatic rings. The fourth-order valence-electron chi connectivity index (χ4n) is 2.68. The molecule has 2 N–H and O–H groups in total. The van der Waals surface area contributed by atoms with Crippen LogP contribution in [0, 0.1) is 13.8 Å². The number of hydrogen-bond donors (Lipinski definition) is 2. The molecule has 0 aliphatic carbocycles. The number of halogens is 1. The average molecular weight is 433 g/mol. The van der Waals surface area contributed by atoms with E-state index in [-0.39, 0.29) is 29.7 Å². The van der Waals surface area contributed by atoms with E-state index in [2.05, 4.69) is 15.5 Å². The fraction of sp³-hybridized carbons (Fsp3) is 0.250. The molecule has 0 fully saturated rings. The quantitative estimate of drug-likeness (QED) is 0.431. The van der Waals surface area contributed by atoms with Crippen molar-refractivity contribution >= 4 is 35.0 Å².